The standard InChI is InChI=1S/C13H28N2O4/c1-10(2)15-13(17)5-6-14-7-12(16)9-19-11(3)8-18-4/h10-12,14,16H,5-9H2,1-4H3,(H,15,17). The van der Waals surface area contributed by atoms with Crippen molar-refractivity contribution in [2.45, 2.75) is 45.4 Å². The number of aliphatic hydroxyl groups excluding tert-OH is 1. The van der Waals surface area contributed by atoms with Crippen molar-refractivity contribution in [2.75, 3.05) is 33.4 Å². The number of ether oxygens (including phenoxy) is 2. The lowest BCUT2D eigenvalue weighted by atomic mass is 10.3. The molecule has 1 amide bonds. The van der Waals surface area contributed by atoms with Crippen molar-refractivity contribution < 1.29 is 19.4 Å². The molecule has 0 aromatic rings. The Morgan fingerprint density at radius 3 is 2.53 bits per heavy atom. The molecule has 0 saturated heterocycles. The van der Waals surface area contributed by atoms with Crippen LogP contribution in [0.2, 0.25) is 0 Å². The fourth-order valence-electron chi connectivity index (χ4n) is 1.48. The smallest absolute Gasteiger partial charge is 0.221 e. The van der Waals surface area contributed by atoms with Gasteiger partial charge in [0, 0.05) is 32.7 Å². The summed E-state index contributed by atoms with van der Waals surface area (Å²) in [6, 6.07) is 0.161. The minimum absolute atomic E-state index is 0.0157. The van der Waals surface area contributed by atoms with Gasteiger partial charge in [-0.1, -0.05) is 0 Å². The minimum atomic E-state index is -0.576. The molecular formula is C13H28N2O4. The molecule has 0 aromatic carbocycles. The van der Waals surface area contributed by atoms with E-state index in [1.165, 1.54) is 0 Å². The zero-order chi connectivity index (χ0) is 14.7. The number of hydrogen-bond donors (Lipinski definition) is 3. The fourth-order valence-corrected chi connectivity index (χ4v) is 1.48. The normalized spacial score (nSPS) is 14.4. The van der Waals surface area contributed by atoms with Crippen molar-refractivity contribution in [1.82, 2.24) is 10.6 Å². The Bertz CT molecular complexity index is 237. The first-order chi connectivity index (χ1) is 8.95. The molecular weight excluding hydrogens is 248 g/mol. The van der Waals surface area contributed by atoms with Gasteiger partial charge < -0.3 is 25.2 Å². The van der Waals surface area contributed by atoms with Crippen molar-refractivity contribution in [3.63, 3.8) is 0 Å². The van der Waals surface area contributed by atoms with Crippen molar-refractivity contribution in [2.24, 2.45) is 0 Å². The summed E-state index contributed by atoms with van der Waals surface area (Å²) in [5, 5.41) is 15.5. The Kier molecular flexibility index (Phi) is 10.8. The van der Waals surface area contributed by atoms with E-state index in [4.69, 9.17) is 9.47 Å². The SMILES string of the molecule is COCC(C)OCC(O)CNCCC(=O)NC(C)C. The van der Waals surface area contributed by atoms with Crippen molar-refractivity contribution in [3.05, 3.63) is 0 Å². The quantitative estimate of drug-likeness (QED) is 0.459. The predicted octanol–water partition coefficient (Wildman–Crippen LogP) is -0.0969. The van der Waals surface area contributed by atoms with Crippen molar-refractivity contribution in [1.29, 1.82) is 0 Å². The van der Waals surface area contributed by atoms with Crippen LogP contribution in [0.15, 0.2) is 0 Å². The van der Waals surface area contributed by atoms with Crippen LogP contribution >= 0.6 is 0 Å². The maximum atomic E-state index is 11.3. The number of nitrogens with one attached hydrogen (secondary N) is 2. The minimum Gasteiger partial charge on any atom is -0.389 e. The van der Waals surface area contributed by atoms with Crippen LogP contribution in [0, 0.1) is 0 Å². The molecule has 0 rings (SSSR count). The largest absolute Gasteiger partial charge is 0.389 e. The maximum absolute atomic E-state index is 11.3. The highest BCUT2D eigenvalue weighted by Gasteiger charge is 2.08. The van der Waals surface area contributed by atoms with E-state index in [1.807, 2.05) is 20.8 Å². The molecule has 114 valence electrons. The molecule has 6 heteroatoms. The van der Waals surface area contributed by atoms with Gasteiger partial charge in [-0.2, -0.15) is 0 Å². The first-order valence-electron chi connectivity index (χ1n) is 6.74. The first-order valence-corrected chi connectivity index (χ1v) is 6.74. The van der Waals surface area contributed by atoms with Crippen LogP contribution in [0.25, 0.3) is 0 Å². The van der Waals surface area contributed by atoms with Gasteiger partial charge in [-0.05, 0) is 20.8 Å². The number of carbonyl (C=O) groups excluding carboxylic acids is 1. The predicted molar refractivity (Wildman–Crippen MR) is 74.1 cm³/mol. The Morgan fingerprint density at radius 2 is 1.95 bits per heavy atom. The fraction of sp³-hybridized carbons (Fsp3) is 0.923. The van der Waals surface area contributed by atoms with E-state index in [9.17, 15) is 9.90 Å². The highest BCUT2D eigenvalue weighted by Crippen LogP contribution is 1.93. The molecule has 0 radical (unpaired) electrons. The van der Waals surface area contributed by atoms with Gasteiger partial charge in [0.05, 0.1) is 25.4 Å². The number of rotatable bonds is 11. The summed E-state index contributed by atoms with van der Waals surface area (Å²) in [6.45, 7) is 7.46. The Balaban J connectivity index is 3.48. The van der Waals surface area contributed by atoms with E-state index in [0.29, 0.717) is 26.1 Å². The first kappa shape index (κ1) is 18.3. The van der Waals surface area contributed by atoms with Crippen LogP contribution in [-0.2, 0) is 14.3 Å². The van der Waals surface area contributed by atoms with Gasteiger partial charge in [0.1, 0.15) is 0 Å². The van der Waals surface area contributed by atoms with E-state index in [0.717, 1.165) is 0 Å². The van der Waals surface area contributed by atoms with E-state index in [1.54, 1.807) is 7.11 Å². The summed E-state index contributed by atoms with van der Waals surface area (Å²) in [6.07, 6.45) is -0.199. The van der Waals surface area contributed by atoms with Crippen LogP contribution in [-0.4, -0.2) is 62.7 Å². The lowest BCUT2D eigenvalue weighted by molar-refractivity contribution is -0.121. The molecule has 19 heavy (non-hydrogen) atoms. The van der Waals surface area contributed by atoms with Crippen LogP contribution in [0.1, 0.15) is 27.2 Å². The Morgan fingerprint density at radius 1 is 1.26 bits per heavy atom. The molecule has 0 aliphatic carbocycles. The van der Waals surface area contributed by atoms with Gasteiger partial charge in [-0.25, -0.2) is 0 Å². The van der Waals surface area contributed by atoms with Crippen molar-refractivity contribution >= 4 is 5.91 Å². The van der Waals surface area contributed by atoms with Gasteiger partial charge in [0.25, 0.3) is 0 Å². The molecule has 2 atom stereocenters. The summed E-state index contributed by atoms with van der Waals surface area (Å²) in [7, 11) is 1.61. The second kappa shape index (κ2) is 11.2. The molecule has 3 N–H and O–H groups in total. The molecule has 0 spiro atoms. The molecule has 0 heterocycles. The molecule has 0 aromatic heterocycles. The number of aliphatic hydroxyl groups is 1. The van der Waals surface area contributed by atoms with E-state index >= 15 is 0 Å². The molecule has 0 bridgehead atoms. The summed E-state index contributed by atoms with van der Waals surface area (Å²) >= 11 is 0. The molecule has 0 aliphatic rings. The summed E-state index contributed by atoms with van der Waals surface area (Å²) in [4.78, 5) is 11.3. The zero-order valence-corrected chi connectivity index (χ0v) is 12.4. The average molecular weight is 276 g/mol. The zero-order valence-electron chi connectivity index (χ0n) is 12.4. The van der Waals surface area contributed by atoms with E-state index < -0.39 is 6.10 Å². The van der Waals surface area contributed by atoms with Gasteiger partial charge >= 0.3 is 0 Å². The summed E-state index contributed by atoms with van der Waals surface area (Å²) in [5.74, 6) is 0.0157. The van der Waals surface area contributed by atoms with Gasteiger partial charge in [-0.3, -0.25) is 4.79 Å². The Hall–Kier alpha value is -0.690. The molecule has 0 saturated carbocycles. The van der Waals surface area contributed by atoms with Crippen LogP contribution < -0.4 is 10.6 Å². The van der Waals surface area contributed by atoms with Gasteiger partial charge in [0.15, 0.2) is 0 Å². The number of carbonyl (C=O) groups is 1. The van der Waals surface area contributed by atoms with E-state index in [2.05, 4.69) is 10.6 Å². The molecule has 2 unspecified atom stereocenters. The second-order valence-corrected chi connectivity index (χ2v) is 4.93. The topological polar surface area (TPSA) is 79.8 Å². The third kappa shape index (κ3) is 12.1. The van der Waals surface area contributed by atoms with Crippen molar-refractivity contribution in [3.8, 4) is 0 Å². The highest BCUT2D eigenvalue weighted by molar-refractivity contribution is 5.76. The number of hydrogen-bond acceptors (Lipinski definition) is 5. The third-order valence-electron chi connectivity index (χ3n) is 2.33. The summed E-state index contributed by atoms with van der Waals surface area (Å²) < 4.78 is 10.3. The summed E-state index contributed by atoms with van der Waals surface area (Å²) in [5.41, 5.74) is 0. The monoisotopic (exact) mass is 276 g/mol. The maximum Gasteiger partial charge on any atom is 0.221 e. The lowest BCUT2D eigenvalue weighted by Crippen LogP contribution is -2.36. The molecule has 0 aliphatic heterocycles. The lowest BCUT2D eigenvalue weighted by Gasteiger charge is -2.16. The third-order valence-corrected chi connectivity index (χ3v) is 2.33. The molecule has 6 nitrogen and oxygen atoms in total. The van der Waals surface area contributed by atoms with Crippen LogP contribution in [0.4, 0.5) is 0 Å². The highest BCUT2D eigenvalue weighted by atomic mass is 16.5. The second-order valence-electron chi connectivity index (χ2n) is 4.93. The van der Waals surface area contributed by atoms with Gasteiger partial charge in [0.2, 0.25) is 5.91 Å². The van der Waals surface area contributed by atoms with Crippen LogP contribution in [0.3, 0.4) is 0 Å². The van der Waals surface area contributed by atoms with Gasteiger partial charge in [-0.15, -0.1) is 0 Å². The Labute approximate surface area is 115 Å². The number of methoxy groups -OCH3 is 1. The number of amides is 1. The van der Waals surface area contributed by atoms with E-state index in [-0.39, 0.29) is 24.7 Å². The molecule has 0 fully saturated rings. The van der Waals surface area contributed by atoms with Crippen LogP contribution in [0.5, 0.6) is 0 Å². The average Bonchev–Trinajstić information content (AvgIpc) is 2.31.